The normalized spacial score (nSPS) is 8.50. The molecule has 0 amide bonds. The lowest BCUT2D eigenvalue weighted by atomic mass is 10.7. The SMILES string of the molecule is S=C=Nc1cnc(Br)cn1. The lowest BCUT2D eigenvalue weighted by Crippen LogP contribution is -1.76. The van der Waals surface area contributed by atoms with Gasteiger partial charge in [0, 0.05) is 0 Å². The van der Waals surface area contributed by atoms with Gasteiger partial charge >= 0.3 is 0 Å². The topological polar surface area (TPSA) is 38.1 Å². The van der Waals surface area contributed by atoms with E-state index in [0.717, 1.165) is 0 Å². The van der Waals surface area contributed by atoms with Crippen molar-refractivity contribution in [3.63, 3.8) is 0 Å². The minimum Gasteiger partial charge on any atom is -0.244 e. The van der Waals surface area contributed by atoms with Crippen molar-refractivity contribution in [1.29, 1.82) is 0 Å². The van der Waals surface area contributed by atoms with Crippen LogP contribution in [-0.4, -0.2) is 15.1 Å². The zero-order valence-electron chi connectivity index (χ0n) is 4.78. The maximum Gasteiger partial charge on any atom is 0.181 e. The highest BCUT2D eigenvalue weighted by Gasteiger charge is 1.88. The average molecular weight is 216 g/mol. The van der Waals surface area contributed by atoms with Crippen molar-refractivity contribution in [1.82, 2.24) is 9.97 Å². The first-order valence-corrected chi connectivity index (χ1v) is 3.58. The third-order valence-corrected chi connectivity index (χ3v) is 1.27. The summed E-state index contributed by atoms with van der Waals surface area (Å²) >= 11 is 7.51. The van der Waals surface area contributed by atoms with E-state index in [0.29, 0.717) is 10.4 Å². The second-order valence-corrected chi connectivity index (χ2v) is 2.40. The highest BCUT2D eigenvalue weighted by molar-refractivity contribution is 9.10. The molecule has 0 bridgehead atoms. The standard InChI is InChI=1S/C5H2BrN3S/c6-4-1-8-5(2-7-4)9-3-10/h1-2H. The van der Waals surface area contributed by atoms with Crippen molar-refractivity contribution >= 4 is 39.1 Å². The first kappa shape index (κ1) is 7.47. The van der Waals surface area contributed by atoms with E-state index in [1.807, 2.05) is 0 Å². The van der Waals surface area contributed by atoms with Crippen molar-refractivity contribution in [3.05, 3.63) is 17.0 Å². The molecule has 0 aliphatic carbocycles. The van der Waals surface area contributed by atoms with E-state index >= 15 is 0 Å². The number of thiocarbonyl (C=S) groups is 1. The quantitative estimate of drug-likeness (QED) is 0.532. The fourth-order valence-corrected chi connectivity index (χ4v) is 0.708. The van der Waals surface area contributed by atoms with E-state index in [1.54, 1.807) is 6.20 Å². The maximum atomic E-state index is 4.37. The fraction of sp³-hybridized carbons (Fsp3) is 0. The summed E-state index contributed by atoms with van der Waals surface area (Å²) < 4.78 is 0.677. The number of rotatable bonds is 1. The Hall–Kier alpha value is -0.640. The van der Waals surface area contributed by atoms with Gasteiger partial charge in [-0.3, -0.25) is 0 Å². The molecule has 3 nitrogen and oxygen atoms in total. The summed E-state index contributed by atoms with van der Waals surface area (Å²) in [5.41, 5.74) is 0. The molecule has 0 aliphatic rings. The Morgan fingerprint density at radius 1 is 1.50 bits per heavy atom. The smallest absolute Gasteiger partial charge is 0.181 e. The molecule has 1 heterocycles. The summed E-state index contributed by atoms with van der Waals surface area (Å²) in [5.74, 6) is 0.471. The minimum atomic E-state index is 0.471. The molecule has 0 spiro atoms. The van der Waals surface area contributed by atoms with E-state index in [-0.39, 0.29) is 0 Å². The molecule has 1 aromatic rings. The van der Waals surface area contributed by atoms with Crippen LogP contribution in [0.15, 0.2) is 22.0 Å². The first-order valence-electron chi connectivity index (χ1n) is 2.38. The third-order valence-electron chi connectivity index (χ3n) is 0.767. The molecule has 10 heavy (non-hydrogen) atoms. The Morgan fingerprint density at radius 3 is 2.80 bits per heavy atom. The largest absolute Gasteiger partial charge is 0.244 e. The number of nitrogens with zero attached hydrogens (tertiary/aromatic N) is 3. The Labute approximate surface area is 71.4 Å². The summed E-state index contributed by atoms with van der Waals surface area (Å²) in [6, 6.07) is 0. The number of hydrogen-bond acceptors (Lipinski definition) is 4. The molecule has 1 aromatic heterocycles. The van der Waals surface area contributed by atoms with Crippen LogP contribution in [0.3, 0.4) is 0 Å². The summed E-state index contributed by atoms with van der Waals surface area (Å²) in [4.78, 5) is 11.4. The number of isothiocyanates is 1. The number of aromatic nitrogens is 2. The van der Waals surface area contributed by atoms with Gasteiger partial charge in [-0.15, -0.1) is 0 Å². The lowest BCUT2D eigenvalue weighted by Gasteiger charge is -1.87. The van der Waals surface area contributed by atoms with Crippen molar-refractivity contribution in [2.45, 2.75) is 0 Å². The highest BCUT2D eigenvalue weighted by Crippen LogP contribution is 2.07. The van der Waals surface area contributed by atoms with Gasteiger partial charge in [0.05, 0.1) is 17.6 Å². The van der Waals surface area contributed by atoms with Gasteiger partial charge in [0.25, 0.3) is 0 Å². The van der Waals surface area contributed by atoms with Crippen LogP contribution in [0.1, 0.15) is 0 Å². The molecule has 1 rings (SSSR count). The fourth-order valence-electron chi connectivity index (χ4n) is 0.410. The molecular weight excluding hydrogens is 214 g/mol. The van der Waals surface area contributed by atoms with E-state index in [2.05, 4.69) is 48.3 Å². The van der Waals surface area contributed by atoms with Crippen LogP contribution >= 0.6 is 28.1 Å². The molecule has 0 radical (unpaired) electrons. The van der Waals surface area contributed by atoms with E-state index in [1.165, 1.54) is 6.20 Å². The molecule has 0 saturated carbocycles. The Kier molecular flexibility index (Phi) is 2.62. The zero-order valence-corrected chi connectivity index (χ0v) is 7.19. The van der Waals surface area contributed by atoms with Gasteiger partial charge in [-0.2, -0.15) is 4.99 Å². The number of hydrogen-bond donors (Lipinski definition) is 0. The predicted octanol–water partition coefficient (Wildman–Crippen LogP) is 1.97. The molecule has 0 unspecified atom stereocenters. The molecule has 0 N–H and O–H groups in total. The van der Waals surface area contributed by atoms with Gasteiger partial charge in [-0.05, 0) is 28.1 Å². The van der Waals surface area contributed by atoms with Crippen LogP contribution in [0.25, 0.3) is 0 Å². The zero-order chi connectivity index (χ0) is 7.40. The van der Waals surface area contributed by atoms with Crippen LogP contribution in [0.4, 0.5) is 5.82 Å². The molecule has 0 aliphatic heterocycles. The second-order valence-electron chi connectivity index (χ2n) is 1.40. The summed E-state index contributed by atoms with van der Waals surface area (Å²) in [5, 5.41) is 2.19. The predicted molar refractivity (Wildman–Crippen MR) is 44.4 cm³/mol. The van der Waals surface area contributed by atoms with Gasteiger partial charge in [0.15, 0.2) is 5.82 Å². The van der Waals surface area contributed by atoms with Crippen LogP contribution in [-0.2, 0) is 0 Å². The average Bonchev–Trinajstić information content (AvgIpc) is 1.95. The van der Waals surface area contributed by atoms with Crippen molar-refractivity contribution in [3.8, 4) is 0 Å². The summed E-state index contributed by atoms with van der Waals surface area (Å²) in [7, 11) is 0. The van der Waals surface area contributed by atoms with Crippen molar-refractivity contribution < 1.29 is 0 Å². The number of halogens is 1. The monoisotopic (exact) mass is 215 g/mol. The van der Waals surface area contributed by atoms with Crippen molar-refractivity contribution in [2.75, 3.05) is 0 Å². The van der Waals surface area contributed by atoms with Gasteiger partial charge in [0.1, 0.15) is 4.60 Å². The van der Waals surface area contributed by atoms with E-state index in [4.69, 9.17) is 0 Å². The number of aliphatic imine (C=N–C) groups is 1. The minimum absolute atomic E-state index is 0.471. The van der Waals surface area contributed by atoms with Gasteiger partial charge in [-0.25, -0.2) is 9.97 Å². The third kappa shape index (κ3) is 1.95. The Balaban J connectivity index is 3.00. The molecular formula is C5H2BrN3S. The lowest BCUT2D eigenvalue weighted by molar-refractivity contribution is 1.15. The van der Waals surface area contributed by atoms with Gasteiger partial charge < -0.3 is 0 Å². The second kappa shape index (κ2) is 3.51. The maximum absolute atomic E-state index is 4.37. The molecule has 0 atom stereocenters. The van der Waals surface area contributed by atoms with Crippen LogP contribution in [0, 0.1) is 0 Å². The molecule has 0 saturated heterocycles. The van der Waals surface area contributed by atoms with Gasteiger partial charge in [0.2, 0.25) is 0 Å². The van der Waals surface area contributed by atoms with Crippen LogP contribution in [0.2, 0.25) is 0 Å². The molecule has 0 fully saturated rings. The van der Waals surface area contributed by atoms with E-state index in [9.17, 15) is 0 Å². The molecule has 0 aromatic carbocycles. The van der Waals surface area contributed by atoms with E-state index < -0.39 is 0 Å². The van der Waals surface area contributed by atoms with Gasteiger partial charge in [-0.1, -0.05) is 0 Å². The first-order chi connectivity index (χ1) is 4.83. The molecule has 5 heteroatoms. The Bertz CT molecular complexity index is 265. The van der Waals surface area contributed by atoms with Crippen LogP contribution < -0.4 is 0 Å². The Morgan fingerprint density at radius 2 is 2.30 bits per heavy atom. The summed E-state index contributed by atoms with van der Waals surface area (Å²) in [6.45, 7) is 0. The molecule has 50 valence electrons. The highest BCUT2D eigenvalue weighted by atomic mass is 79.9. The van der Waals surface area contributed by atoms with Crippen LogP contribution in [0.5, 0.6) is 0 Å². The van der Waals surface area contributed by atoms with Crippen molar-refractivity contribution in [2.24, 2.45) is 4.99 Å². The summed E-state index contributed by atoms with van der Waals surface area (Å²) in [6.07, 6.45) is 3.05.